The van der Waals surface area contributed by atoms with E-state index >= 15 is 0 Å². The van der Waals surface area contributed by atoms with E-state index in [0.29, 0.717) is 5.75 Å². The van der Waals surface area contributed by atoms with Gasteiger partial charge in [0.15, 0.2) is 0 Å². The van der Waals surface area contributed by atoms with Crippen LogP contribution in [0.3, 0.4) is 0 Å². The number of allylic oxidation sites excluding steroid dienone is 1. The van der Waals surface area contributed by atoms with Crippen LogP contribution in [0.1, 0.15) is 5.56 Å². The Kier molecular flexibility index (Phi) is 1.81. The monoisotopic (exact) mass is 173 g/mol. The minimum absolute atomic E-state index is 0.303. The van der Waals surface area contributed by atoms with Gasteiger partial charge in [-0.25, -0.2) is 0 Å². The quantitative estimate of drug-likeness (QED) is 0.673. The minimum Gasteiger partial charge on any atom is -0.508 e. The lowest BCUT2D eigenvalue weighted by atomic mass is 10.1. The molecule has 0 bridgehead atoms. The number of rotatable bonds is 2. The smallest absolute Gasteiger partial charge is 0.116 e. The van der Waals surface area contributed by atoms with Crippen molar-refractivity contribution in [1.29, 1.82) is 0 Å². The number of phenolic OH excluding ortho intramolecular Hbond substituents is 1. The molecule has 0 aliphatic heterocycles. The molecule has 0 aliphatic carbocycles. The summed E-state index contributed by atoms with van der Waals surface area (Å²) in [4.78, 5) is 3.14. The highest BCUT2D eigenvalue weighted by atomic mass is 16.3. The van der Waals surface area contributed by atoms with Crippen molar-refractivity contribution in [2.45, 2.75) is 6.42 Å². The molecule has 2 rings (SSSR count). The number of fused-ring (bicyclic) bond motifs is 1. The van der Waals surface area contributed by atoms with E-state index in [2.05, 4.69) is 11.6 Å². The van der Waals surface area contributed by atoms with Crippen molar-refractivity contribution in [2.24, 2.45) is 0 Å². The molecule has 0 aliphatic rings. The molecule has 0 radical (unpaired) electrons. The predicted molar refractivity (Wildman–Crippen MR) is 53.9 cm³/mol. The Labute approximate surface area is 76.5 Å². The number of H-pyrrole nitrogens is 1. The van der Waals surface area contributed by atoms with Gasteiger partial charge in [0.2, 0.25) is 0 Å². The lowest BCUT2D eigenvalue weighted by molar-refractivity contribution is 0.476. The molecule has 1 aromatic carbocycles. The zero-order chi connectivity index (χ0) is 9.26. The largest absolute Gasteiger partial charge is 0.508 e. The summed E-state index contributed by atoms with van der Waals surface area (Å²) >= 11 is 0. The maximum atomic E-state index is 9.30. The lowest BCUT2D eigenvalue weighted by Crippen LogP contribution is -1.75. The van der Waals surface area contributed by atoms with Crippen molar-refractivity contribution < 1.29 is 5.11 Å². The van der Waals surface area contributed by atoms with Gasteiger partial charge in [0.25, 0.3) is 0 Å². The van der Waals surface area contributed by atoms with Gasteiger partial charge >= 0.3 is 0 Å². The Morgan fingerprint density at radius 2 is 2.31 bits per heavy atom. The molecule has 1 heterocycles. The summed E-state index contributed by atoms with van der Waals surface area (Å²) in [7, 11) is 0. The first-order valence-electron chi connectivity index (χ1n) is 4.21. The average Bonchev–Trinajstić information content (AvgIpc) is 2.49. The number of hydrogen-bond donors (Lipinski definition) is 2. The number of nitrogens with one attached hydrogen (secondary N) is 1. The van der Waals surface area contributed by atoms with Gasteiger partial charge in [-0.15, -0.1) is 6.58 Å². The highest BCUT2D eigenvalue weighted by Gasteiger charge is 2.01. The van der Waals surface area contributed by atoms with Gasteiger partial charge in [0, 0.05) is 17.1 Å². The third-order valence-corrected chi connectivity index (χ3v) is 2.12. The summed E-state index contributed by atoms with van der Waals surface area (Å²) in [5.74, 6) is 0.303. The molecule has 13 heavy (non-hydrogen) atoms. The van der Waals surface area contributed by atoms with Gasteiger partial charge in [-0.05, 0) is 30.2 Å². The fourth-order valence-corrected chi connectivity index (χ4v) is 1.49. The molecular formula is C11H11NO. The van der Waals surface area contributed by atoms with Gasteiger partial charge < -0.3 is 10.1 Å². The molecule has 0 saturated carbocycles. The van der Waals surface area contributed by atoms with Crippen LogP contribution in [0.4, 0.5) is 0 Å². The Morgan fingerprint density at radius 1 is 1.46 bits per heavy atom. The minimum atomic E-state index is 0.303. The van der Waals surface area contributed by atoms with E-state index in [1.54, 1.807) is 12.1 Å². The van der Waals surface area contributed by atoms with Crippen LogP contribution in [-0.2, 0) is 6.42 Å². The SMILES string of the molecule is C=CCc1c[nH]c2ccc(O)cc12. The van der Waals surface area contributed by atoms with Crippen LogP contribution in [0.15, 0.2) is 37.1 Å². The second kappa shape index (κ2) is 2.98. The summed E-state index contributed by atoms with van der Waals surface area (Å²) < 4.78 is 0. The molecule has 0 unspecified atom stereocenters. The number of benzene rings is 1. The molecular weight excluding hydrogens is 162 g/mol. The Morgan fingerprint density at radius 3 is 3.08 bits per heavy atom. The van der Waals surface area contributed by atoms with E-state index in [9.17, 15) is 5.11 Å². The number of aromatic nitrogens is 1. The van der Waals surface area contributed by atoms with Crippen molar-refractivity contribution >= 4 is 10.9 Å². The van der Waals surface area contributed by atoms with Crippen LogP contribution in [0.25, 0.3) is 10.9 Å². The molecule has 66 valence electrons. The van der Waals surface area contributed by atoms with E-state index in [-0.39, 0.29) is 0 Å². The molecule has 0 atom stereocenters. The molecule has 0 fully saturated rings. The third kappa shape index (κ3) is 1.31. The predicted octanol–water partition coefficient (Wildman–Crippen LogP) is 2.60. The van der Waals surface area contributed by atoms with Crippen molar-refractivity contribution in [3.8, 4) is 5.75 Å². The van der Waals surface area contributed by atoms with Crippen LogP contribution < -0.4 is 0 Å². The summed E-state index contributed by atoms with van der Waals surface area (Å²) in [6.45, 7) is 3.69. The van der Waals surface area contributed by atoms with Crippen molar-refractivity contribution in [1.82, 2.24) is 4.98 Å². The van der Waals surface area contributed by atoms with Crippen LogP contribution in [0.5, 0.6) is 5.75 Å². The summed E-state index contributed by atoms with van der Waals surface area (Å²) in [6, 6.07) is 5.32. The van der Waals surface area contributed by atoms with Gasteiger partial charge in [-0.3, -0.25) is 0 Å². The first kappa shape index (κ1) is 7.92. The van der Waals surface area contributed by atoms with Gasteiger partial charge in [-0.1, -0.05) is 6.08 Å². The molecule has 2 N–H and O–H groups in total. The maximum absolute atomic E-state index is 9.30. The highest BCUT2D eigenvalue weighted by molar-refractivity contribution is 5.84. The number of hydrogen-bond acceptors (Lipinski definition) is 1. The second-order valence-electron chi connectivity index (χ2n) is 3.04. The lowest BCUT2D eigenvalue weighted by Gasteiger charge is -1.94. The topological polar surface area (TPSA) is 36.0 Å². The summed E-state index contributed by atoms with van der Waals surface area (Å²) in [6.07, 6.45) is 4.63. The molecule has 0 saturated heterocycles. The molecule has 1 aromatic heterocycles. The molecule has 2 heteroatoms. The Balaban J connectivity index is 2.64. The zero-order valence-electron chi connectivity index (χ0n) is 7.25. The first-order valence-corrected chi connectivity index (χ1v) is 4.21. The zero-order valence-corrected chi connectivity index (χ0v) is 7.25. The summed E-state index contributed by atoms with van der Waals surface area (Å²) in [5, 5.41) is 10.4. The van der Waals surface area contributed by atoms with Crippen LogP contribution in [-0.4, -0.2) is 10.1 Å². The van der Waals surface area contributed by atoms with E-state index in [1.165, 1.54) is 5.56 Å². The fourth-order valence-electron chi connectivity index (χ4n) is 1.49. The third-order valence-electron chi connectivity index (χ3n) is 2.12. The number of aromatic hydroxyl groups is 1. The molecule has 0 spiro atoms. The Hall–Kier alpha value is -1.70. The number of phenols is 1. The van der Waals surface area contributed by atoms with Crippen molar-refractivity contribution in [2.75, 3.05) is 0 Å². The fraction of sp³-hybridized carbons (Fsp3) is 0.0909. The highest BCUT2D eigenvalue weighted by Crippen LogP contribution is 2.23. The van der Waals surface area contributed by atoms with Gasteiger partial charge in [0.05, 0.1) is 0 Å². The average molecular weight is 173 g/mol. The van der Waals surface area contributed by atoms with E-state index in [4.69, 9.17) is 0 Å². The van der Waals surface area contributed by atoms with E-state index < -0.39 is 0 Å². The van der Waals surface area contributed by atoms with Gasteiger partial charge in [0.1, 0.15) is 5.75 Å². The van der Waals surface area contributed by atoms with Crippen LogP contribution >= 0.6 is 0 Å². The van der Waals surface area contributed by atoms with Crippen molar-refractivity contribution in [3.63, 3.8) is 0 Å². The molecule has 0 amide bonds. The second-order valence-corrected chi connectivity index (χ2v) is 3.04. The first-order chi connectivity index (χ1) is 6.31. The van der Waals surface area contributed by atoms with Crippen LogP contribution in [0, 0.1) is 0 Å². The van der Waals surface area contributed by atoms with Crippen molar-refractivity contribution in [3.05, 3.63) is 42.6 Å². The summed E-state index contributed by atoms with van der Waals surface area (Å²) in [5.41, 5.74) is 2.22. The van der Waals surface area contributed by atoms with E-state index in [0.717, 1.165) is 17.3 Å². The molecule has 2 aromatic rings. The normalized spacial score (nSPS) is 10.5. The molecule has 2 nitrogen and oxygen atoms in total. The standard InChI is InChI=1S/C11H11NO/c1-2-3-8-7-12-11-5-4-9(13)6-10(8)11/h2,4-7,12-13H,1,3H2. The van der Waals surface area contributed by atoms with Gasteiger partial charge in [-0.2, -0.15) is 0 Å². The van der Waals surface area contributed by atoms with Crippen LogP contribution in [0.2, 0.25) is 0 Å². The van der Waals surface area contributed by atoms with E-state index in [1.807, 2.05) is 18.3 Å². The maximum Gasteiger partial charge on any atom is 0.116 e. The number of aromatic amines is 1. The Bertz CT molecular complexity index is 442.